The van der Waals surface area contributed by atoms with Crippen molar-refractivity contribution in [1.82, 2.24) is 5.32 Å². The number of hydrogen-bond acceptors (Lipinski definition) is 2. The first-order valence-corrected chi connectivity index (χ1v) is 7.65. The molecule has 1 aliphatic carbocycles. The van der Waals surface area contributed by atoms with E-state index >= 15 is 0 Å². The summed E-state index contributed by atoms with van der Waals surface area (Å²) in [5.74, 6) is 0.502. The second kappa shape index (κ2) is 5.18. The van der Waals surface area contributed by atoms with Gasteiger partial charge in [-0.05, 0) is 31.2 Å². The van der Waals surface area contributed by atoms with Gasteiger partial charge in [-0.2, -0.15) is 0 Å². The predicted octanol–water partition coefficient (Wildman–Crippen LogP) is 2.56. The van der Waals surface area contributed by atoms with Gasteiger partial charge < -0.3 is 5.32 Å². The van der Waals surface area contributed by atoms with Crippen molar-refractivity contribution in [2.75, 3.05) is 7.05 Å². The fourth-order valence-electron chi connectivity index (χ4n) is 2.71. The van der Waals surface area contributed by atoms with E-state index in [-0.39, 0.29) is 5.41 Å². The van der Waals surface area contributed by atoms with Crippen LogP contribution in [-0.2, 0) is 10.8 Å². The number of rotatable bonds is 4. The van der Waals surface area contributed by atoms with E-state index < -0.39 is 10.8 Å². The normalized spacial score (nSPS) is 32.9. The molecule has 0 saturated heterocycles. The first-order valence-electron chi connectivity index (χ1n) is 6.38. The maximum absolute atomic E-state index is 12.5. The lowest BCUT2D eigenvalue weighted by atomic mass is 9.87. The van der Waals surface area contributed by atoms with Crippen LogP contribution in [0, 0.1) is 11.3 Å². The maximum Gasteiger partial charge on any atom is 0.0509 e. The average Bonchev–Trinajstić information content (AvgIpc) is 2.50. The van der Waals surface area contributed by atoms with E-state index in [1.807, 2.05) is 7.05 Å². The molecule has 0 aromatic rings. The van der Waals surface area contributed by atoms with Crippen LogP contribution < -0.4 is 5.32 Å². The summed E-state index contributed by atoms with van der Waals surface area (Å²) in [5.41, 5.74) is 0.284. The van der Waals surface area contributed by atoms with Crippen LogP contribution in [0.4, 0.5) is 0 Å². The quantitative estimate of drug-likeness (QED) is 0.825. The molecule has 2 nitrogen and oxygen atoms in total. The maximum atomic E-state index is 12.5. The average molecular weight is 245 g/mol. The molecule has 0 spiro atoms. The highest BCUT2D eigenvalue weighted by molar-refractivity contribution is 7.86. The van der Waals surface area contributed by atoms with Crippen molar-refractivity contribution >= 4 is 10.8 Å². The highest BCUT2D eigenvalue weighted by Crippen LogP contribution is 2.40. The van der Waals surface area contributed by atoms with E-state index in [1.165, 1.54) is 6.42 Å². The molecule has 1 rings (SSSR count). The SMILES string of the molecule is CNC1C(S(=O)C(C)C(C)C)CCC1(C)C. The zero-order chi connectivity index (χ0) is 12.5. The van der Waals surface area contributed by atoms with Crippen molar-refractivity contribution < 1.29 is 4.21 Å². The van der Waals surface area contributed by atoms with Crippen LogP contribution in [0.25, 0.3) is 0 Å². The van der Waals surface area contributed by atoms with Gasteiger partial charge in [0.15, 0.2) is 0 Å². The van der Waals surface area contributed by atoms with E-state index in [0.717, 1.165) is 6.42 Å². The molecule has 0 aromatic carbocycles. The molecular weight excluding hydrogens is 218 g/mol. The molecule has 0 aliphatic heterocycles. The molecule has 4 unspecified atom stereocenters. The molecule has 16 heavy (non-hydrogen) atoms. The van der Waals surface area contributed by atoms with Gasteiger partial charge in [0.05, 0.1) is 5.25 Å². The molecule has 1 aliphatic rings. The monoisotopic (exact) mass is 245 g/mol. The molecule has 4 atom stereocenters. The van der Waals surface area contributed by atoms with Crippen LogP contribution in [0.15, 0.2) is 0 Å². The van der Waals surface area contributed by atoms with Crippen molar-refractivity contribution in [3.8, 4) is 0 Å². The first-order chi connectivity index (χ1) is 7.31. The lowest BCUT2D eigenvalue weighted by Gasteiger charge is -2.31. The standard InChI is InChI=1S/C13H27NOS/c1-9(2)10(3)16(15)11-7-8-13(4,5)12(11)14-6/h9-12,14H,7-8H2,1-6H3. The molecule has 0 aromatic heterocycles. The number of hydrogen-bond donors (Lipinski definition) is 1. The predicted molar refractivity (Wildman–Crippen MR) is 72.1 cm³/mol. The van der Waals surface area contributed by atoms with Crippen molar-refractivity contribution in [3.05, 3.63) is 0 Å². The molecule has 1 saturated carbocycles. The van der Waals surface area contributed by atoms with Gasteiger partial charge >= 0.3 is 0 Å². The molecule has 1 N–H and O–H groups in total. The van der Waals surface area contributed by atoms with E-state index in [4.69, 9.17) is 0 Å². The van der Waals surface area contributed by atoms with E-state index in [0.29, 0.717) is 22.5 Å². The molecular formula is C13H27NOS. The Bertz CT molecular complexity index is 263. The highest BCUT2D eigenvalue weighted by atomic mass is 32.2. The summed E-state index contributed by atoms with van der Waals surface area (Å²) < 4.78 is 12.5. The molecule has 0 radical (unpaired) electrons. The van der Waals surface area contributed by atoms with E-state index in [2.05, 4.69) is 39.9 Å². The van der Waals surface area contributed by atoms with E-state index in [1.54, 1.807) is 0 Å². The Morgan fingerprint density at radius 1 is 1.31 bits per heavy atom. The minimum atomic E-state index is -0.709. The van der Waals surface area contributed by atoms with Crippen LogP contribution in [-0.4, -0.2) is 27.8 Å². The third kappa shape index (κ3) is 2.67. The second-order valence-electron chi connectivity index (χ2n) is 6.11. The Hall–Kier alpha value is 0.110. The second-order valence-corrected chi connectivity index (χ2v) is 8.12. The van der Waals surface area contributed by atoms with Crippen LogP contribution in [0.1, 0.15) is 47.5 Å². The van der Waals surface area contributed by atoms with Gasteiger partial charge in [0.25, 0.3) is 0 Å². The smallest absolute Gasteiger partial charge is 0.0509 e. The number of nitrogens with one attached hydrogen (secondary N) is 1. The first kappa shape index (κ1) is 14.2. The third-order valence-corrected chi connectivity index (χ3v) is 6.58. The molecule has 0 heterocycles. The van der Waals surface area contributed by atoms with Gasteiger partial charge in [-0.1, -0.05) is 34.6 Å². The van der Waals surface area contributed by atoms with Crippen molar-refractivity contribution in [3.63, 3.8) is 0 Å². The minimum absolute atomic E-state index is 0.284. The minimum Gasteiger partial charge on any atom is -0.315 e. The topological polar surface area (TPSA) is 29.1 Å². The summed E-state index contributed by atoms with van der Waals surface area (Å²) in [6.45, 7) is 11.0. The van der Waals surface area contributed by atoms with Gasteiger partial charge in [-0.3, -0.25) is 4.21 Å². The summed E-state index contributed by atoms with van der Waals surface area (Å²) in [7, 11) is 1.29. The summed E-state index contributed by atoms with van der Waals surface area (Å²) >= 11 is 0. The Morgan fingerprint density at radius 2 is 1.88 bits per heavy atom. The van der Waals surface area contributed by atoms with Gasteiger partial charge in [-0.15, -0.1) is 0 Å². The highest BCUT2D eigenvalue weighted by Gasteiger charge is 2.44. The van der Waals surface area contributed by atoms with Crippen LogP contribution in [0.2, 0.25) is 0 Å². The third-order valence-electron chi connectivity index (χ3n) is 4.20. The fourth-order valence-corrected chi connectivity index (χ4v) is 4.92. The van der Waals surface area contributed by atoms with Crippen LogP contribution in [0.5, 0.6) is 0 Å². The van der Waals surface area contributed by atoms with E-state index in [9.17, 15) is 4.21 Å². The lowest BCUT2D eigenvalue weighted by Crippen LogP contribution is -2.46. The van der Waals surface area contributed by atoms with Crippen molar-refractivity contribution in [2.24, 2.45) is 11.3 Å². The fraction of sp³-hybridized carbons (Fsp3) is 1.00. The Labute approximate surface area is 103 Å². The Balaban J connectivity index is 2.78. The van der Waals surface area contributed by atoms with Crippen molar-refractivity contribution in [2.45, 2.75) is 64.0 Å². The van der Waals surface area contributed by atoms with Gasteiger partial charge in [0, 0.05) is 22.1 Å². The summed E-state index contributed by atoms with van der Waals surface area (Å²) in [6.07, 6.45) is 2.28. The van der Waals surface area contributed by atoms with Gasteiger partial charge in [0.2, 0.25) is 0 Å². The zero-order valence-electron chi connectivity index (χ0n) is 11.5. The summed E-state index contributed by atoms with van der Waals surface area (Å²) in [6, 6.07) is 0.398. The Morgan fingerprint density at radius 3 is 2.31 bits per heavy atom. The molecule has 1 fully saturated rings. The van der Waals surface area contributed by atoms with Crippen molar-refractivity contribution in [1.29, 1.82) is 0 Å². The van der Waals surface area contributed by atoms with Gasteiger partial charge in [0.1, 0.15) is 0 Å². The Kier molecular flexibility index (Phi) is 4.58. The molecule has 3 heteroatoms. The largest absolute Gasteiger partial charge is 0.315 e. The summed E-state index contributed by atoms with van der Waals surface area (Å²) in [5, 5.41) is 4.02. The summed E-state index contributed by atoms with van der Waals surface area (Å²) in [4.78, 5) is 0. The zero-order valence-corrected chi connectivity index (χ0v) is 12.4. The molecule has 0 amide bonds. The molecule has 0 bridgehead atoms. The lowest BCUT2D eigenvalue weighted by molar-refractivity contribution is 0.298. The van der Waals surface area contributed by atoms with Crippen LogP contribution >= 0.6 is 0 Å². The molecule has 96 valence electrons. The van der Waals surface area contributed by atoms with Crippen LogP contribution in [0.3, 0.4) is 0 Å². The van der Waals surface area contributed by atoms with Gasteiger partial charge in [-0.25, -0.2) is 0 Å².